The van der Waals surface area contributed by atoms with Crippen LogP contribution in [0.1, 0.15) is 33.1 Å². The summed E-state index contributed by atoms with van der Waals surface area (Å²) in [6.07, 6.45) is 2.25. The van der Waals surface area contributed by atoms with E-state index in [4.69, 9.17) is 4.74 Å². The number of carbonyl (C=O) groups is 3. The molecule has 1 saturated heterocycles. The number of hydrogen-bond donors (Lipinski definition) is 0. The molecule has 6 nitrogen and oxygen atoms in total. The standard InChI is InChI=1S/C21H22N2O4/c1-3-4-10-19-20(25)22(16-8-6-5-7-9-16)23(21(19)26)17-11-13-18(14-12-17)27-15(2)24/h5-9,11-14,19H,3-4,10H2,1-2H3. The van der Waals surface area contributed by atoms with Crippen molar-refractivity contribution in [3.63, 3.8) is 0 Å². The second-order valence-corrected chi connectivity index (χ2v) is 6.42. The summed E-state index contributed by atoms with van der Waals surface area (Å²) < 4.78 is 5.04. The fraction of sp³-hybridized carbons (Fsp3) is 0.286. The molecule has 1 heterocycles. The lowest BCUT2D eigenvalue weighted by Gasteiger charge is -2.27. The van der Waals surface area contributed by atoms with Crippen LogP contribution < -0.4 is 14.8 Å². The van der Waals surface area contributed by atoms with Gasteiger partial charge in [-0.3, -0.25) is 14.4 Å². The van der Waals surface area contributed by atoms with Crippen LogP contribution in [0.3, 0.4) is 0 Å². The molecular formula is C21H22N2O4. The molecule has 2 aromatic carbocycles. The van der Waals surface area contributed by atoms with Gasteiger partial charge < -0.3 is 4.74 Å². The van der Waals surface area contributed by atoms with Gasteiger partial charge in [0.2, 0.25) is 0 Å². The molecule has 2 aromatic rings. The van der Waals surface area contributed by atoms with E-state index in [0.29, 0.717) is 23.5 Å². The number of unbranched alkanes of at least 4 members (excludes halogenated alkanes) is 1. The average molecular weight is 366 g/mol. The maximum absolute atomic E-state index is 13.0. The molecule has 27 heavy (non-hydrogen) atoms. The third-order valence-electron chi connectivity index (χ3n) is 4.40. The monoisotopic (exact) mass is 366 g/mol. The highest BCUT2D eigenvalue weighted by molar-refractivity contribution is 6.23. The first kappa shape index (κ1) is 18.6. The van der Waals surface area contributed by atoms with Crippen LogP contribution in [0.2, 0.25) is 0 Å². The Hall–Kier alpha value is -3.15. The molecule has 1 aliphatic heterocycles. The molecule has 2 amide bonds. The van der Waals surface area contributed by atoms with Crippen LogP contribution in [0.25, 0.3) is 0 Å². The predicted octanol–water partition coefficient (Wildman–Crippen LogP) is 3.71. The lowest BCUT2D eigenvalue weighted by molar-refractivity contribution is -0.132. The Bertz CT molecular complexity index is 833. The normalized spacial score (nSPS) is 16.7. The topological polar surface area (TPSA) is 66.9 Å². The van der Waals surface area contributed by atoms with E-state index in [2.05, 4.69) is 0 Å². The molecule has 3 rings (SSSR count). The molecule has 0 bridgehead atoms. The van der Waals surface area contributed by atoms with E-state index in [1.165, 1.54) is 16.9 Å². The Morgan fingerprint density at radius 2 is 1.48 bits per heavy atom. The minimum absolute atomic E-state index is 0.219. The third kappa shape index (κ3) is 3.84. The molecule has 1 atom stereocenters. The zero-order chi connectivity index (χ0) is 19.4. The minimum atomic E-state index is -0.682. The molecule has 1 unspecified atom stereocenters. The van der Waals surface area contributed by atoms with Gasteiger partial charge in [0.15, 0.2) is 0 Å². The second-order valence-electron chi connectivity index (χ2n) is 6.42. The lowest BCUT2D eigenvalue weighted by Crippen LogP contribution is -2.41. The maximum Gasteiger partial charge on any atom is 0.308 e. The van der Waals surface area contributed by atoms with Crippen LogP contribution in [0, 0.1) is 5.92 Å². The van der Waals surface area contributed by atoms with E-state index in [1.807, 2.05) is 25.1 Å². The molecule has 1 aliphatic rings. The summed E-state index contributed by atoms with van der Waals surface area (Å²) in [5.74, 6) is -1.17. The van der Waals surface area contributed by atoms with Crippen LogP contribution in [-0.4, -0.2) is 17.8 Å². The highest BCUT2D eigenvalue weighted by Crippen LogP contribution is 2.34. The van der Waals surface area contributed by atoms with Crippen molar-refractivity contribution in [1.29, 1.82) is 0 Å². The summed E-state index contributed by atoms with van der Waals surface area (Å²) >= 11 is 0. The van der Waals surface area contributed by atoms with Gasteiger partial charge >= 0.3 is 5.97 Å². The summed E-state index contributed by atoms with van der Waals surface area (Å²) in [6, 6.07) is 15.7. The Morgan fingerprint density at radius 1 is 0.926 bits per heavy atom. The quantitative estimate of drug-likeness (QED) is 0.444. The fourth-order valence-electron chi connectivity index (χ4n) is 3.13. The first-order valence-electron chi connectivity index (χ1n) is 9.04. The van der Waals surface area contributed by atoms with Crippen molar-refractivity contribution >= 4 is 29.2 Å². The van der Waals surface area contributed by atoms with Crippen molar-refractivity contribution in [3.8, 4) is 5.75 Å². The van der Waals surface area contributed by atoms with Gasteiger partial charge in [0, 0.05) is 6.92 Å². The van der Waals surface area contributed by atoms with Gasteiger partial charge in [0.1, 0.15) is 11.7 Å². The van der Waals surface area contributed by atoms with E-state index in [9.17, 15) is 14.4 Å². The first-order valence-corrected chi connectivity index (χ1v) is 9.04. The van der Waals surface area contributed by atoms with E-state index in [-0.39, 0.29) is 11.8 Å². The smallest absolute Gasteiger partial charge is 0.308 e. The van der Waals surface area contributed by atoms with E-state index < -0.39 is 11.9 Å². The van der Waals surface area contributed by atoms with Crippen LogP contribution in [0.4, 0.5) is 11.4 Å². The fourth-order valence-corrected chi connectivity index (χ4v) is 3.13. The Labute approximate surface area is 158 Å². The van der Waals surface area contributed by atoms with Gasteiger partial charge in [0.05, 0.1) is 11.4 Å². The van der Waals surface area contributed by atoms with Crippen LogP contribution in [0.15, 0.2) is 54.6 Å². The summed E-state index contributed by atoms with van der Waals surface area (Å²) in [6.45, 7) is 3.36. The van der Waals surface area contributed by atoms with Crippen LogP contribution in [-0.2, 0) is 14.4 Å². The first-order chi connectivity index (χ1) is 13.0. The van der Waals surface area contributed by atoms with E-state index >= 15 is 0 Å². The molecule has 0 spiro atoms. The van der Waals surface area contributed by atoms with Crippen molar-refractivity contribution in [2.45, 2.75) is 33.1 Å². The summed E-state index contributed by atoms with van der Waals surface area (Å²) in [4.78, 5) is 37.1. The Balaban J connectivity index is 1.97. The molecule has 0 radical (unpaired) electrons. The number of esters is 1. The molecule has 0 aromatic heterocycles. The average Bonchev–Trinajstić information content (AvgIpc) is 2.91. The van der Waals surface area contributed by atoms with Crippen molar-refractivity contribution in [1.82, 2.24) is 0 Å². The summed E-state index contributed by atoms with van der Waals surface area (Å²) in [7, 11) is 0. The Kier molecular flexibility index (Phi) is 5.54. The molecular weight excluding hydrogens is 344 g/mol. The van der Waals surface area contributed by atoms with Crippen LogP contribution in [0.5, 0.6) is 5.75 Å². The van der Waals surface area contributed by atoms with Crippen molar-refractivity contribution in [3.05, 3.63) is 54.6 Å². The van der Waals surface area contributed by atoms with Crippen LogP contribution >= 0.6 is 0 Å². The number of benzene rings is 2. The number of ether oxygens (including phenoxy) is 1. The highest BCUT2D eigenvalue weighted by Gasteiger charge is 2.46. The maximum atomic E-state index is 13.0. The predicted molar refractivity (Wildman–Crippen MR) is 102 cm³/mol. The highest BCUT2D eigenvalue weighted by atomic mass is 16.5. The number of hydrazine groups is 1. The van der Waals surface area contributed by atoms with Gasteiger partial charge in [-0.15, -0.1) is 0 Å². The van der Waals surface area contributed by atoms with Gasteiger partial charge in [-0.25, -0.2) is 10.0 Å². The zero-order valence-corrected chi connectivity index (χ0v) is 15.4. The van der Waals surface area contributed by atoms with Gasteiger partial charge in [0.25, 0.3) is 11.8 Å². The van der Waals surface area contributed by atoms with Crippen molar-refractivity contribution < 1.29 is 19.1 Å². The molecule has 0 aliphatic carbocycles. The number of anilines is 2. The molecule has 6 heteroatoms. The van der Waals surface area contributed by atoms with E-state index in [1.54, 1.807) is 36.4 Å². The zero-order valence-electron chi connectivity index (χ0n) is 15.4. The SMILES string of the molecule is CCCCC1C(=O)N(c2ccccc2)N(c2ccc(OC(C)=O)cc2)C1=O. The van der Waals surface area contributed by atoms with E-state index in [0.717, 1.165) is 12.8 Å². The van der Waals surface area contributed by atoms with Gasteiger partial charge in [-0.1, -0.05) is 38.0 Å². The van der Waals surface area contributed by atoms with Gasteiger partial charge in [-0.05, 0) is 42.8 Å². The number of hydrogen-bond acceptors (Lipinski definition) is 4. The summed E-state index contributed by atoms with van der Waals surface area (Å²) in [5, 5.41) is 2.85. The number of amides is 2. The largest absolute Gasteiger partial charge is 0.427 e. The molecule has 0 N–H and O–H groups in total. The van der Waals surface area contributed by atoms with Crippen molar-refractivity contribution in [2.75, 3.05) is 10.0 Å². The van der Waals surface area contributed by atoms with Gasteiger partial charge in [-0.2, -0.15) is 0 Å². The molecule has 1 fully saturated rings. The second kappa shape index (κ2) is 8.03. The lowest BCUT2D eigenvalue weighted by atomic mass is 10.0. The third-order valence-corrected chi connectivity index (χ3v) is 4.40. The summed E-state index contributed by atoms with van der Waals surface area (Å²) in [5.41, 5.74) is 1.19. The number of carbonyl (C=O) groups excluding carboxylic acids is 3. The molecule has 140 valence electrons. The van der Waals surface area contributed by atoms with Crippen molar-refractivity contribution in [2.24, 2.45) is 5.92 Å². The minimum Gasteiger partial charge on any atom is -0.427 e. The number of rotatable bonds is 6. The Morgan fingerprint density at radius 3 is 2.00 bits per heavy atom. The molecule has 0 saturated carbocycles. The number of nitrogens with zero attached hydrogens (tertiary/aromatic N) is 2. The number of para-hydroxylation sites is 1.